The number of aromatic nitrogens is 3. The Bertz CT molecular complexity index is 572. The van der Waals surface area contributed by atoms with Crippen LogP contribution in [0.25, 0.3) is 0 Å². The maximum Gasteiger partial charge on any atom is 0.341 e. The second-order valence-electron chi connectivity index (χ2n) is 4.47. The molecule has 0 saturated heterocycles. The third kappa shape index (κ3) is 3.51. The molecule has 0 amide bonds. The van der Waals surface area contributed by atoms with Crippen molar-refractivity contribution in [3.05, 3.63) is 41.2 Å². The Balaban J connectivity index is 2.19. The normalized spacial score (nSPS) is 10.6. The van der Waals surface area contributed by atoms with Gasteiger partial charge in [-0.25, -0.2) is 0 Å². The van der Waals surface area contributed by atoms with E-state index in [4.69, 9.17) is 4.74 Å². The Morgan fingerprint density at radius 2 is 1.90 bits per heavy atom. The Labute approximate surface area is 119 Å². The van der Waals surface area contributed by atoms with Crippen LogP contribution in [0.2, 0.25) is 0 Å². The van der Waals surface area contributed by atoms with Gasteiger partial charge in [0, 0.05) is 6.54 Å². The van der Waals surface area contributed by atoms with E-state index in [-0.39, 0.29) is 0 Å². The van der Waals surface area contributed by atoms with Crippen LogP contribution >= 0.6 is 0 Å². The maximum atomic E-state index is 5.69. The van der Waals surface area contributed by atoms with Crippen LogP contribution in [0.4, 0.5) is 0 Å². The zero-order valence-electron chi connectivity index (χ0n) is 12.2. The van der Waals surface area contributed by atoms with Gasteiger partial charge in [0.05, 0.1) is 11.4 Å². The van der Waals surface area contributed by atoms with Crippen molar-refractivity contribution in [1.82, 2.24) is 20.5 Å². The van der Waals surface area contributed by atoms with E-state index in [0.29, 0.717) is 6.01 Å². The summed E-state index contributed by atoms with van der Waals surface area (Å²) < 4.78 is 5.69. The van der Waals surface area contributed by atoms with Gasteiger partial charge in [0.25, 0.3) is 0 Å². The lowest BCUT2D eigenvalue weighted by Gasteiger charge is -2.08. The minimum absolute atomic E-state index is 0.306. The highest BCUT2D eigenvalue weighted by atomic mass is 16.5. The number of rotatable bonds is 6. The molecule has 5 nitrogen and oxygen atoms in total. The highest BCUT2D eigenvalue weighted by molar-refractivity contribution is 5.30. The molecule has 0 unspecified atom stereocenters. The lowest BCUT2D eigenvalue weighted by Crippen LogP contribution is -2.06. The fourth-order valence-electron chi connectivity index (χ4n) is 1.99. The van der Waals surface area contributed by atoms with Gasteiger partial charge in [0.15, 0.2) is 0 Å². The maximum absolute atomic E-state index is 5.69. The van der Waals surface area contributed by atoms with E-state index in [2.05, 4.69) is 27.4 Å². The largest absolute Gasteiger partial charge is 0.423 e. The highest BCUT2D eigenvalue weighted by Crippen LogP contribution is 2.19. The summed E-state index contributed by atoms with van der Waals surface area (Å²) in [5.74, 6) is 0.728. The molecule has 5 heteroatoms. The molecule has 0 atom stereocenters. The molecule has 106 valence electrons. The van der Waals surface area contributed by atoms with E-state index >= 15 is 0 Å². The smallest absolute Gasteiger partial charge is 0.341 e. The third-order valence-corrected chi connectivity index (χ3v) is 2.98. The van der Waals surface area contributed by atoms with Gasteiger partial charge in [-0.15, -0.1) is 5.10 Å². The fraction of sp³-hybridized carbons (Fsp3) is 0.400. The number of hydrogen-bond donors (Lipinski definition) is 1. The van der Waals surface area contributed by atoms with Crippen LogP contribution < -0.4 is 10.1 Å². The SMILES string of the molecule is CCc1nnc(Oc2cccc(CNC)c2)nc1CC. The molecule has 0 saturated carbocycles. The third-order valence-electron chi connectivity index (χ3n) is 2.98. The van der Waals surface area contributed by atoms with Crippen molar-refractivity contribution in [2.24, 2.45) is 0 Å². The van der Waals surface area contributed by atoms with Crippen LogP contribution in [0.15, 0.2) is 24.3 Å². The summed E-state index contributed by atoms with van der Waals surface area (Å²) in [7, 11) is 1.91. The first-order chi connectivity index (χ1) is 9.76. The molecule has 0 aliphatic rings. The highest BCUT2D eigenvalue weighted by Gasteiger charge is 2.08. The minimum atomic E-state index is 0.306. The number of hydrogen-bond acceptors (Lipinski definition) is 5. The van der Waals surface area contributed by atoms with Crippen LogP contribution in [-0.4, -0.2) is 22.2 Å². The van der Waals surface area contributed by atoms with Gasteiger partial charge in [0.1, 0.15) is 5.75 Å². The van der Waals surface area contributed by atoms with E-state index in [1.807, 2.05) is 38.2 Å². The molecular formula is C15H20N4O. The summed E-state index contributed by atoms with van der Waals surface area (Å²) in [6.45, 7) is 4.90. The monoisotopic (exact) mass is 272 g/mol. The molecule has 1 N–H and O–H groups in total. The molecule has 0 aliphatic heterocycles. The predicted octanol–water partition coefficient (Wildman–Crippen LogP) is 2.51. The van der Waals surface area contributed by atoms with E-state index in [9.17, 15) is 0 Å². The van der Waals surface area contributed by atoms with E-state index in [1.165, 1.54) is 0 Å². The zero-order valence-corrected chi connectivity index (χ0v) is 12.2. The quantitative estimate of drug-likeness (QED) is 0.875. The summed E-state index contributed by atoms with van der Waals surface area (Å²) in [6.07, 6.45) is 1.66. The Morgan fingerprint density at radius 1 is 1.10 bits per heavy atom. The summed E-state index contributed by atoms with van der Waals surface area (Å²) in [5, 5.41) is 11.3. The van der Waals surface area contributed by atoms with Gasteiger partial charge >= 0.3 is 6.01 Å². The lowest BCUT2D eigenvalue weighted by atomic mass is 10.2. The van der Waals surface area contributed by atoms with Crippen molar-refractivity contribution < 1.29 is 4.74 Å². The van der Waals surface area contributed by atoms with E-state index in [1.54, 1.807) is 0 Å². The second kappa shape index (κ2) is 6.96. The summed E-state index contributed by atoms with van der Waals surface area (Å²) >= 11 is 0. The van der Waals surface area contributed by atoms with Crippen molar-refractivity contribution in [3.8, 4) is 11.8 Å². The van der Waals surface area contributed by atoms with E-state index < -0.39 is 0 Å². The van der Waals surface area contributed by atoms with Crippen molar-refractivity contribution in [1.29, 1.82) is 0 Å². The number of aryl methyl sites for hydroxylation is 2. The number of ether oxygens (including phenoxy) is 1. The molecule has 1 aromatic heterocycles. The topological polar surface area (TPSA) is 59.9 Å². The Hall–Kier alpha value is -2.01. The minimum Gasteiger partial charge on any atom is -0.423 e. The zero-order chi connectivity index (χ0) is 14.4. The van der Waals surface area contributed by atoms with Gasteiger partial charge in [-0.3, -0.25) is 0 Å². The van der Waals surface area contributed by atoms with Gasteiger partial charge in [-0.05, 0) is 37.6 Å². The Morgan fingerprint density at radius 3 is 2.60 bits per heavy atom. The van der Waals surface area contributed by atoms with Crippen molar-refractivity contribution in [3.63, 3.8) is 0 Å². The number of nitrogens with one attached hydrogen (secondary N) is 1. The summed E-state index contributed by atoms with van der Waals surface area (Å²) in [4.78, 5) is 4.42. The molecule has 0 bridgehead atoms. The first-order valence-electron chi connectivity index (χ1n) is 6.90. The van der Waals surface area contributed by atoms with Gasteiger partial charge in [0.2, 0.25) is 0 Å². The van der Waals surface area contributed by atoms with Crippen molar-refractivity contribution >= 4 is 0 Å². The predicted molar refractivity (Wildman–Crippen MR) is 77.9 cm³/mol. The van der Waals surface area contributed by atoms with Crippen LogP contribution in [0.3, 0.4) is 0 Å². The first kappa shape index (κ1) is 14.4. The molecule has 1 aromatic carbocycles. The fourth-order valence-corrected chi connectivity index (χ4v) is 1.99. The number of nitrogens with zero attached hydrogens (tertiary/aromatic N) is 3. The average Bonchev–Trinajstić information content (AvgIpc) is 2.48. The second-order valence-corrected chi connectivity index (χ2v) is 4.47. The lowest BCUT2D eigenvalue weighted by molar-refractivity contribution is 0.428. The molecule has 2 aromatic rings. The van der Waals surface area contributed by atoms with E-state index in [0.717, 1.165) is 42.1 Å². The molecule has 0 aliphatic carbocycles. The summed E-state index contributed by atoms with van der Waals surface area (Å²) in [6, 6.07) is 8.17. The van der Waals surface area contributed by atoms with Gasteiger partial charge in [-0.2, -0.15) is 4.98 Å². The molecule has 2 rings (SSSR count). The van der Waals surface area contributed by atoms with Crippen LogP contribution in [-0.2, 0) is 19.4 Å². The molecular weight excluding hydrogens is 252 g/mol. The van der Waals surface area contributed by atoms with Crippen LogP contribution in [0.5, 0.6) is 11.8 Å². The molecule has 0 fully saturated rings. The average molecular weight is 272 g/mol. The first-order valence-corrected chi connectivity index (χ1v) is 6.90. The van der Waals surface area contributed by atoms with Crippen LogP contribution in [0.1, 0.15) is 30.8 Å². The standard InChI is InChI=1S/C15H20N4O/c1-4-13-14(5-2)18-19-15(17-13)20-12-8-6-7-11(9-12)10-16-3/h6-9,16H,4-5,10H2,1-3H3. The molecule has 1 heterocycles. The van der Waals surface area contributed by atoms with Gasteiger partial charge < -0.3 is 10.1 Å². The van der Waals surface area contributed by atoms with Crippen molar-refractivity contribution in [2.45, 2.75) is 33.2 Å². The van der Waals surface area contributed by atoms with Gasteiger partial charge in [-0.1, -0.05) is 31.1 Å². The van der Waals surface area contributed by atoms with Crippen LogP contribution in [0, 0.1) is 0 Å². The summed E-state index contributed by atoms with van der Waals surface area (Å²) in [5.41, 5.74) is 3.03. The molecule has 20 heavy (non-hydrogen) atoms. The molecule has 0 radical (unpaired) electrons. The van der Waals surface area contributed by atoms with Crippen molar-refractivity contribution in [2.75, 3.05) is 7.05 Å². The Kier molecular flexibility index (Phi) is 5.01. The molecule has 0 spiro atoms. The number of benzene rings is 1.